The highest BCUT2D eigenvalue weighted by Crippen LogP contribution is 2.20. The summed E-state index contributed by atoms with van der Waals surface area (Å²) in [6.45, 7) is 5.49. The maximum Gasteiger partial charge on any atom is 0.336 e. The van der Waals surface area contributed by atoms with Crippen LogP contribution in [0.4, 0.5) is 5.69 Å². The van der Waals surface area contributed by atoms with E-state index in [0.717, 1.165) is 18.4 Å². The van der Waals surface area contributed by atoms with Crippen molar-refractivity contribution in [1.29, 1.82) is 0 Å². The van der Waals surface area contributed by atoms with Gasteiger partial charge in [0.05, 0.1) is 5.56 Å². The fourth-order valence-corrected chi connectivity index (χ4v) is 1.96. The van der Waals surface area contributed by atoms with Crippen molar-refractivity contribution in [2.24, 2.45) is 5.73 Å². The molecule has 0 spiro atoms. The number of hydrogen-bond acceptors (Lipinski definition) is 3. The number of hydrogen-bond donors (Lipinski definition) is 3. The monoisotopic (exact) mass is 278 g/mol. The van der Waals surface area contributed by atoms with Crippen molar-refractivity contribution in [3.05, 3.63) is 28.8 Å². The smallest absolute Gasteiger partial charge is 0.336 e. The molecule has 0 saturated carbocycles. The van der Waals surface area contributed by atoms with Crippen molar-refractivity contribution in [2.75, 3.05) is 5.32 Å². The van der Waals surface area contributed by atoms with Crippen LogP contribution < -0.4 is 11.1 Å². The average Bonchev–Trinajstić information content (AvgIpc) is 2.32. The molecule has 0 aliphatic heterocycles. The van der Waals surface area contributed by atoms with E-state index in [0.29, 0.717) is 17.7 Å². The summed E-state index contributed by atoms with van der Waals surface area (Å²) in [5, 5.41) is 11.9. The van der Waals surface area contributed by atoms with Gasteiger partial charge in [0, 0.05) is 18.2 Å². The second-order valence-electron chi connectivity index (χ2n) is 5.19. The molecule has 1 aromatic rings. The van der Waals surface area contributed by atoms with Gasteiger partial charge >= 0.3 is 5.97 Å². The Bertz CT molecular complexity index is 510. The summed E-state index contributed by atoms with van der Waals surface area (Å²) in [6.07, 6.45) is 1.90. The van der Waals surface area contributed by atoms with Crippen LogP contribution in [-0.2, 0) is 4.79 Å². The molecule has 0 aliphatic carbocycles. The van der Waals surface area contributed by atoms with E-state index < -0.39 is 5.97 Å². The number of carboxylic acid groups (broad SMARTS) is 1. The third-order valence-electron chi connectivity index (χ3n) is 3.24. The number of rotatable bonds is 6. The number of aromatic carboxylic acids is 1. The number of nitrogens with two attached hydrogens (primary N) is 1. The molecule has 1 unspecified atom stereocenters. The van der Waals surface area contributed by atoms with E-state index in [1.54, 1.807) is 13.0 Å². The number of nitrogens with one attached hydrogen (secondary N) is 1. The molecule has 1 amide bonds. The van der Waals surface area contributed by atoms with E-state index in [1.807, 2.05) is 13.8 Å². The highest BCUT2D eigenvalue weighted by atomic mass is 16.4. The van der Waals surface area contributed by atoms with Crippen LogP contribution in [0.15, 0.2) is 12.1 Å². The van der Waals surface area contributed by atoms with Crippen LogP contribution in [0.3, 0.4) is 0 Å². The van der Waals surface area contributed by atoms with Crippen LogP contribution >= 0.6 is 0 Å². The standard InChI is InChI=1S/C15H22N2O3/c1-9-7-12(8-13(11(9)3)15(19)20)17-14(18)6-4-5-10(2)16/h7-8,10H,4-6,16H2,1-3H3,(H,17,18)(H,19,20). The number of benzene rings is 1. The molecule has 0 saturated heterocycles. The maximum absolute atomic E-state index is 11.8. The van der Waals surface area contributed by atoms with E-state index >= 15 is 0 Å². The van der Waals surface area contributed by atoms with E-state index in [2.05, 4.69) is 5.32 Å². The molecule has 20 heavy (non-hydrogen) atoms. The first-order valence-corrected chi connectivity index (χ1v) is 6.71. The molecule has 110 valence electrons. The van der Waals surface area contributed by atoms with Crippen LogP contribution in [0.5, 0.6) is 0 Å². The molecule has 5 nitrogen and oxygen atoms in total. The highest BCUT2D eigenvalue weighted by molar-refractivity contribution is 5.95. The first kappa shape index (κ1) is 16.2. The quantitative estimate of drug-likeness (QED) is 0.745. The Morgan fingerprint density at radius 3 is 2.55 bits per heavy atom. The minimum absolute atomic E-state index is 0.0861. The van der Waals surface area contributed by atoms with Crippen molar-refractivity contribution in [1.82, 2.24) is 0 Å². The maximum atomic E-state index is 11.8. The molecule has 1 aromatic carbocycles. The Labute approximate surface area is 119 Å². The summed E-state index contributed by atoms with van der Waals surface area (Å²) in [4.78, 5) is 22.9. The molecule has 0 heterocycles. The van der Waals surface area contributed by atoms with E-state index in [9.17, 15) is 9.59 Å². The van der Waals surface area contributed by atoms with Gasteiger partial charge in [-0.1, -0.05) is 0 Å². The molecule has 4 N–H and O–H groups in total. The zero-order valence-corrected chi connectivity index (χ0v) is 12.2. The summed E-state index contributed by atoms with van der Waals surface area (Å²) in [5.41, 5.74) is 7.93. The van der Waals surface area contributed by atoms with Gasteiger partial charge in [0.2, 0.25) is 5.91 Å². The Hall–Kier alpha value is -1.88. The average molecular weight is 278 g/mol. The van der Waals surface area contributed by atoms with Crippen LogP contribution in [0.2, 0.25) is 0 Å². The second kappa shape index (κ2) is 7.05. The topological polar surface area (TPSA) is 92.4 Å². The fraction of sp³-hybridized carbons (Fsp3) is 0.467. The lowest BCUT2D eigenvalue weighted by atomic mass is 10.0. The summed E-state index contributed by atoms with van der Waals surface area (Å²) in [6, 6.07) is 3.36. The second-order valence-corrected chi connectivity index (χ2v) is 5.19. The fourth-order valence-electron chi connectivity index (χ4n) is 1.96. The lowest BCUT2D eigenvalue weighted by Gasteiger charge is -2.11. The molecule has 0 aliphatic rings. The van der Waals surface area contributed by atoms with Crippen molar-refractivity contribution < 1.29 is 14.7 Å². The molecular formula is C15H22N2O3. The lowest BCUT2D eigenvalue weighted by molar-refractivity contribution is -0.116. The summed E-state index contributed by atoms with van der Waals surface area (Å²) in [7, 11) is 0. The van der Waals surface area contributed by atoms with Crippen LogP contribution in [0, 0.1) is 13.8 Å². The minimum atomic E-state index is -0.987. The van der Waals surface area contributed by atoms with E-state index in [4.69, 9.17) is 10.8 Å². The zero-order valence-electron chi connectivity index (χ0n) is 12.2. The van der Waals surface area contributed by atoms with Gasteiger partial charge in [-0.05, 0) is 56.9 Å². The highest BCUT2D eigenvalue weighted by Gasteiger charge is 2.12. The van der Waals surface area contributed by atoms with Gasteiger partial charge in [0.25, 0.3) is 0 Å². The summed E-state index contributed by atoms with van der Waals surface area (Å²) < 4.78 is 0. The molecule has 5 heteroatoms. The minimum Gasteiger partial charge on any atom is -0.478 e. The third-order valence-corrected chi connectivity index (χ3v) is 3.24. The summed E-state index contributed by atoms with van der Waals surface area (Å²) in [5.74, 6) is -1.11. The normalized spacial score (nSPS) is 12.0. The Morgan fingerprint density at radius 2 is 2.00 bits per heavy atom. The van der Waals surface area contributed by atoms with Gasteiger partial charge < -0.3 is 16.2 Å². The van der Waals surface area contributed by atoms with Crippen LogP contribution in [0.1, 0.15) is 47.7 Å². The number of carbonyl (C=O) groups excluding carboxylic acids is 1. The van der Waals surface area contributed by atoms with Crippen molar-refractivity contribution >= 4 is 17.6 Å². The Balaban J connectivity index is 2.73. The molecule has 0 radical (unpaired) electrons. The number of aryl methyl sites for hydroxylation is 1. The molecule has 0 aromatic heterocycles. The van der Waals surface area contributed by atoms with E-state index in [1.165, 1.54) is 6.07 Å². The van der Waals surface area contributed by atoms with Crippen molar-refractivity contribution in [2.45, 2.75) is 46.1 Å². The van der Waals surface area contributed by atoms with Gasteiger partial charge in [-0.25, -0.2) is 4.79 Å². The van der Waals surface area contributed by atoms with Gasteiger partial charge in [0.1, 0.15) is 0 Å². The van der Waals surface area contributed by atoms with Crippen LogP contribution in [-0.4, -0.2) is 23.0 Å². The van der Waals surface area contributed by atoms with Gasteiger partial charge in [0.15, 0.2) is 0 Å². The largest absolute Gasteiger partial charge is 0.478 e. The number of amides is 1. The summed E-state index contributed by atoms with van der Waals surface area (Å²) >= 11 is 0. The predicted molar refractivity (Wildman–Crippen MR) is 79.0 cm³/mol. The first-order chi connectivity index (χ1) is 9.31. The first-order valence-electron chi connectivity index (χ1n) is 6.71. The number of carbonyl (C=O) groups is 2. The van der Waals surface area contributed by atoms with Crippen molar-refractivity contribution in [3.8, 4) is 0 Å². The zero-order chi connectivity index (χ0) is 15.3. The molecule has 0 fully saturated rings. The Kier molecular flexibility index (Phi) is 5.70. The predicted octanol–water partition coefficient (Wildman–Crippen LogP) is 2.46. The molecule has 1 atom stereocenters. The number of anilines is 1. The van der Waals surface area contributed by atoms with Crippen molar-refractivity contribution in [3.63, 3.8) is 0 Å². The SMILES string of the molecule is Cc1cc(NC(=O)CCCC(C)N)cc(C(=O)O)c1C. The Morgan fingerprint density at radius 1 is 1.35 bits per heavy atom. The number of carboxylic acids is 1. The van der Waals surface area contributed by atoms with Gasteiger partial charge in [-0.3, -0.25) is 4.79 Å². The van der Waals surface area contributed by atoms with E-state index in [-0.39, 0.29) is 17.5 Å². The lowest BCUT2D eigenvalue weighted by Crippen LogP contribution is -2.17. The molecule has 1 rings (SSSR count). The molecular weight excluding hydrogens is 256 g/mol. The molecule has 0 bridgehead atoms. The van der Waals surface area contributed by atoms with Gasteiger partial charge in [-0.15, -0.1) is 0 Å². The van der Waals surface area contributed by atoms with Gasteiger partial charge in [-0.2, -0.15) is 0 Å². The van der Waals surface area contributed by atoms with Crippen LogP contribution in [0.25, 0.3) is 0 Å². The third kappa shape index (κ3) is 4.66.